The van der Waals surface area contributed by atoms with Crippen LogP contribution in [-0.2, 0) is 0 Å². The van der Waals surface area contributed by atoms with E-state index in [2.05, 4.69) is 96.1 Å². The maximum Gasteiger partial charge on any atom is 0.123 e. The Morgan fingerprint density at radius 1 is 0.800 bits per heavy atom. The minimum Gasteiger partial charge on any atom is -0.508 e. The number of benzene rings is 3. The molecular weight excluding hydrogens is 433 g/mol. The average Bonchev–Trinajstić information content (AvgIpc) is 3.26. The molecule has 186 valence electrons. The molecule has 1 N–H and O–H groups in total. The third-order valence-electron chi connectivity index (χ3n) is 6.07. The molecule has 0 bridgehead atoms. The molecule has 0 saturated heterocycles. The van der Waals surface area contributed by atoms with E-state index >= 15 is 0 Å². The number of aromatic hydroxyl groups is 1. The first-order valence-electron chi connectivity index (χ1n) is 12.5. The van der Waals surface area contributed by atoms with Gasteiger partial charge in [-0.2, -0.15) is 0 Å². The van der Waals surface area contributed by atoms with Crippen LogP contribution in [0.4, 0.5) is 4.39 Å². The number of phenols is 1. The van der Waals surface area contributed by atoms with Gasteiger partial charge >= 0.3 is 0 Å². The molecule has 0 aliphatic carbocycles. The van der Waals surface area contributed by atoms with Crippen LogP contribution in [0.5, 0.6) is 5.75 Å². The van der Waals surface area contributed by atoms with Crippen LogP contribution >= 0.6 is 0 Å². The van der Waals surface area contributed by atoms with Gasteiger partial charge in [-0.1, -0.05) is 92.4 Å². The second-order valence-corrected chi connectivity index (χ2v) is 9.36. The molecular formula is C32H40FNO. The summed E-state index contributed by atoms with van der Waals surface area (Å²) >= 11 is 0. The van der Waals surface area contributed by atoms with E-state index in [1.165, 1.54) is 64.2 Å². The minimum absolute atomic E-state index is 0.0893. The molecule has 0 spiro atoms. The Hall–Kier alpha value is -3.20. The summed E-state index contributed by atoms with van der Waals surface area (Å²) in [4.78, 5) is 4.90. The fourth-order valence-corrected chi connectivity index (χ4v) is 3.61. The van der Waals surface area contributed by atoms with Gasteiger partial charge < -0.3 is 5.11 Å². The number of aryl methyl sites for hydroxylation is 3. The smallest absolute Gasteiger partial charge is 0.123 e. The zero-order valence-corrected chi connectivity index (χ0v) is 22.1. The van der Waals surface area contributed by atoms with Crippen LogP contribution < -0.4 is 0 Å². The number of allylic oxidation sites excluding steroid dienone is 1. The zero-order chi connectivity index (χ0) is 25.8. The summed E-state index contributed by atoms with van der Waals surface area (Å²) < 4.78 is 12.0. The Balaban J connectivity index is 0.000000221. The second-order valence-electron chi connectivity index (χ2n) is 9.36. The Morgan fingerprint density at radius 2 is 1.29 bits per heavy atom. The fourth-order valence-electron chi connectivity index (χ4n) is 3.61. The van der Waals surface area contributed by atoms with E-state index in [0.717, 1.165) is 18.8 Å². The van der Waals surface area contributed by atoms with Gasteiger partial charge in [-0.3, -0.25) is 4.99 Å². The molecule has 0 radical (unpaired) electrons. The number of aliphatic imine (C=N–C) groups is 1. The molecule has 0 aromatic heterocycles. The highest BCUT2D eigenvalue weighted by Gasteiger charge is 2.21. The average molecular weight is 474 g/mol. The molecule has 1 heterocycles. The summed E-state index contributed by atoms with van der Waals surface area (Å²) in [6.45, 7) is 13.1. The number of halogens is 1. The molecule has 3 heteroatoms. The highest BCUT2D eigenvalue weighted by atomic mass is 19.1. The van der Waals surface area contributed by atoms with Crippen LogP contribution in [0.3, 0.4) is 0 Å². The monoisotopic (exact) mass is 473 g/mol. The van der Waals surface area contributed by atoms with E-state index in [9.17, 15) is 4.39 Å². The Bertz CT molecular complexity index is 994. The van der Waals surface area contributed by atoms with Crippen molar-refractivity contribution < 1.29 is 9.50 Å². The first-order chi connectivity index (χ1) is 16.7. The first-order valence-corrected chi connectivity index (χ1v) is 12.5. The van der Waals surface area contributed by atoms with Gasteiger partial charge in [0.05, 0.1) is 6.04 Å². The molecule has 2 unspecified atom stereocenters. The maximum atomic E-state index is 12.0. The molecule has 1 aliphatic heterocycles. The van der Waals surface area contributed by atoms with Crippen LogP contribution in [0.2, 0.25) is 0 Å². The highest BCUT2D eigenvalue weighted by Crippen LogP contribution is 2.29. The third kappa shape index (κ3) is 9.90. The predicted octanol–water partition coefficient (Wildman–Crippen LogP) is 8.88. The van der Waals surface area contributed by atoms with Crippen molar-refractivity contribution in [1.29, 1.82) is 0 Å². The van der Waals surface area contributed by atoms with Gasteiger partial charge in [0, 0.05) is 5.71 Å². The Morgan fingerprint density at radius 3 is 1.71 bits per heavy atom. The van der Waals surface area contributed by atoms with Gasteiger partial charge in [-0.05, 0) is 81.0 Å². The van der Waals surface area contributed by atoms with Crippen molar-refractivity contribution in [3.8, 4) is 5.75 Å². The predicted molar refractivity (Wildman–Crippen MR) is 149 cm³/mol. The molecule has 3 aromatic carbocycles. The lowest BCUT2D eigenvalue weighted by atomic mass is 9.96. The Labute approximate surface area is 211 Å². The van der Waals surface area contributed by atoms with Crippen molar-refractivity contribution in [2.45, 2.75) is 66.8 Å². The minimum atomic E-state index is -0.331. The summed E-state index contributed by atoms with van der Waals surface area (Å²) in [7, 11) is 0. The quantitative estimate of drug-likeness (QED) is 0.394. The van der Waals surface area contributed by atoms with Crippen molar-refractivity contribution in [1.82, 2.24) is 0 Å². The summed E-state index contributed by atoms with van der Waals surface area (Å²) in [6, 6.07) is 22.7. The number of hydrogen-bond donors (Lipinski definition) is 1. The maximum absolute atomic E-state index is 12.0. The van der Waals surface area contributed by atoms with Gasteiger partial charge in [0.2, 0.25) is 0 Å². The SMILES string of the molecule is CCC(C)CC1=NC(CC)C(c2ccc(C)cc2)=C1.Cc1ccc(C)cc1.Oc1ccc(F)cc1. The van der Waals surface area contributed by atoms with E-state index in [1.807, 2.05) is 0 Å². The second kappa shape index (κ2) is 14.3. The lowest BCUT2D eigenvalue weighted by Crippen LogP contribution is -2.03. The fraction of sp³-hybridized carbons (Fsp3) is 0.344. The zero-order valence-electron chi connectivity index (χ0n) is 22.1. The van der Waals surface area contributed by atoms with Crippen molar-refractivity contribution >= 4 is 11.3 Å². The van der Waals surface area contributed by atoms with E-state index in [0.29, 0.717) is 6.04 Å². The van der Waals surface area contributed by atoms with Gasteiger partial charge in [-0.25, -0.2) is 4.39 Å². The number of rotatable bonds is 5. The summed E-state index contributed by atoms with van der Waals surface area (Å²) in [5.41, 5.74) is 8.00. The summed E-state index contributed by atoms with van der Waals surface area (Å²) in [5, 5.41) is 8.59. The normalized spacial score (nSPS) is 15.1. The van der Waals surface area contributed by atoms with E-state index < -0.39 is 0 Å². The van der Waals surface area contributed by atoms with Crippen molar-refractivity contribution in [2.75, 3.05) is 0 Å². The highest BCUT2D eigenvalue weighted by molar-refractivity contribution is 6.05. The summed E-state index contributed by atoms with van der Waals surface area (Å²) in [6.07, 6.45) is 5.75. The van der Waals surface area contributed by atoms with Gasteiger partial charge in [0.15, 0.2) is 0 Å². The van der Waals surface area contributed by atoms with Crippen molar-refractivity contribution in [3.05, 3.63) is 107 Å². The standard InChI is InChI=1S/C18H25N.C8H10.C6H5FO/c1-5-13(3)11-16-12-17(18(6-2)19-16)15-9-7-14(4)8-10-15;1-7-3-5-8(2)6-4-7;7-5-1-3-6(8)4-2-5/h7-10,12-13,18H,5-6,11H2,1-4H3;3-6H,1-2H3;1-4,8H. The first kappa shape index (κ1) is 28.0. The molecule has 4 rings (SSSR count). The Kier molecular flexibility index (Phi) is 11.4. The number of phenolic OH excluding ortho intramolecular Hbond substituents is 1. The molecule has 0 amide bonds. The van der Waals surface area contributed by atoms with Crippen molar-refractivity contribution in [2.24, 2.45) is 10.9 Å². The van der Waals surface area contributed by atoms with Gasteiger partial charge in [-0.15, -0.1) is 0 Å². The molecule has 1 aliphatic rings. The number of hydrogen-bond acceptors (Lipinski definition) is 2. The molecule has 35 heavy (non-hydrogen) atoms. The lowest BCUT2D eigenvalue weighted by Gasteiger charge is -2.10. The van der Waals surface area contributed by atoms with Gasteiger partial charge in [0.1, 0.15) is 11.6 Å². The molecule has 0 saturated carbocycles. The lowest BCUT2D eigenvalue weighted by molar-refractivity contribution is 0.473. The molecule has 0 fully saturated rings. The van der Waals surface area contributed by atoms with Crippen molar-refractivity contribution in [3.63, 3.8) is 0 Å². The summed E-state index contributed by atoms with van der Waals surface area (Å²) in [5.74, 6) is 0.485. The van der Waals surface area contributed by atoms with E-state index in [1.54, 1.807) is 0 Å². The van der Waals surface area contributed by atoms with Crippen LogP contribution in [0.15, 0.2) is 83.9 Å². The van der Waals surface area contributed by atoms with Crippen LogP contribution in [0, 0.1) is 32.5 Å². The van der Waals surface area contributed by atoms with E-state index in [4.69, 9.17) is 10.1 Å². The van der Waals surface area contributed by atoms with Crippen LogP contribution in [-0.4, -0.2) is 16.9 Å². The van der Waals surface area contributed by atoms with Crippen LogP contribution in [0.1, 0.15) is 62.3 Å². The number of nitrogens with zero attached hydrogens (tertiary/aromatic N) is 1. The molecule has 3 aromatic rings. The van der Waals surface area contributed by atoms with Crippen LogP contribution in [0.25, 0.3) is 5.57 Å². The largest absolute Gasteiger partial charge is 0.508 e. The van der Waals surface area contributed by atoms with E-state index in [-0.39, 0.29) is 11.6 Å². The third-order valence-corrected chi connectivity index (χ3v) is 6.07. The molecule has 2 atom stereocenters. The topological polar surface area (TPSA) is 32.6 Å². The molecule has 2 nitrogen and oxygen atoms in total. The van der Waals surface area contributed by atoms with Gasteiger partial charge in [0.25, 0.3) is 0 Å².